The van der Waals surface area contributed by atoms with Crippen molar-refractivity contribution in [3.8, 4) is 0 Å². The van der Waals surface area contributed by atoms with E-state index in [-0.39, 0.29) is 30.4 Å². The minimum Gasteiger partial charge on any atom is -0.394 e. The Morgan fingerprint density at radius 1 is 1.34 bits per heavy atom. The normalized spacial score (nSPS) is 16.2. The molecule has 1 unspecified atom stereocenters. The molecule has 1 aliphatic rings. The number of thiazole rings is 1. The van der Waals surface area contributed by atoms with E-state index in [9.17, 15) is 12.8 Å². The Hall–Kier alpha value is -2.41. The van der Waals surface area contributed by atoms with Gasteiger partial charge in [-0.2, -0.15) is 5.10 Å². The van der Waals surface area contributed by atoms with Gasteiger partial charge in [-0.05, 0) is 31.2 Å². The molecule has 0 fully saturated rings. The first kappa shape index (κ1) is 22.8. The van der Waals surface area contributed by atoms with E-state index in [4.69, 9.17) is 5.11 Å². The van der Waals surface area contributed by atoms with Gasteiger partial charge in [-0.15, -0.1) is 11.3 Å². The topological polar surface area (TPSA) is 122 Å². The first-order valence-electron chi connectivity index (χ1n) is 10.3. The summed E-state index contributed by atoms with van der Waals surface area (Å²) >= 11 is 1.53. The van der Waals surface area contributed by atoms with Gasteiger partial charge in [0.2, 0.25) is 10.0 Å². The molecule has 0 saturated heterocycles. The Morgan fingerprint density at radius 3 is 2.97 bits per heavy atom. The van der Waals surface area contributed by atoms with Crippen molar-refractivity contribution in [2.24, 2.45) is 5.92 Å². The molecule has 3 heterocycles. The number of aliphatic hydroxyl groups is 1. The second kappa shape index (κ2) is 9.61. The van der Waals surface area contributed by atoms with Crippen LogP contribution in [-0.4, -0.2) is 39.9 Å². The maximum Gasteiger partial charge on any atom is 0.242 e. The Labute approximate surface area is 189 Å². The number of aliphatic hydroxyl groups excluding tert-OH is 1. The summed E-state index contributed by atoms with van der Waals surface area (Å²) in [5, 5.41) is 16.5. The molecule has 0 bridgehead atoms. The lowest BCUT2D eigenvalue weighted by molar-refractivity contribution is 0.269. The van der Waals surface area contributed by atoms with Crippen LogP contribution in [0, 0.1) is 11.7 Å². The molecule has 1 aliphatic carbocycles. The fourth-order valence-electron chi connectivity index (χ4n) is 3.51. The molecule has 32 heavy (non-hydrogen) atoms. The van der Waals surface area contributed by atoms with Crippen molar-refractivity contribution < 1.29 is 17.9 Å². The number of halogens is 1. The predicted octanol–water partition coefficient (Wildman–Crippen LogP) is 2.08. The van der Waals surface area contributed by atoms with Crippen molar-refractivity contribution in [3.63, 3.8) is 0 Å². The van der Waals surface area contributed by atoms with Crippen LogP contribution in [0.15, 0.2) is 29.6 Å². The molecule has 0 saturated carbocycles. The smallest absolute Gasteiger partial charge is 0.242 e. The van der Waals surface area contributed by atoms with Crippen LogP contribution in [0.4, 0.5) is 10.2 Å². The second-order valence-electron chi connectivity index (χ2n) is 7.84. The fraction of sp³-hybridized carbons (Fsp3) is 0.450. The zero-order valence-corrected chi connectivity index (χ0v) is 19.2. The van der Waals surface area contributed by atoms with Crippen LogP contribution in [-0.2, 0) is 42.5 Å². The number of hydrogen-bond acceptors (Lipinski definition) is 8. The number of hydrogen-bond donors (Lipinski definition) is 3. The molecule has 4 rings (SSSR count). The van der Waals surface area contributed by atoms with Gasteiger partial charge >= 0.3 is 0 Å². The number of aromatic nitrogens is 4. The van der Waals surface area contributed by atoms with Crippen molar-refractivity contribution in [2.75, 3.05) is 11.9 Å². The van der Waals surface area contributed by atoms with Crippen LogP contribution in [0.3, 0.4) is 0 Å². The molecule has 172 valence electrons. The van der Waals surface area contributed by atoms with Gasteiger partial charge in [0.15, 0.2) is 11.6 Å². The van der Waals surface area contributed by atoms with Gasteiger partial charge in [0, 0.05) is 29.4 Å². The van der Waals surface area contributed by atoms with Crippen molar-refractivity contribution in [1.82, 2.24) is 24.5 Å². The highest BCUT2D eigenvalue weighted by molar-refractivity contribution is 7.89. The summed E-state index contributed by atoms with van der Waals surface area (Å²) in [4.78, 5) is 9.47. The third-order valence-electron chi connectivity index (χ3n) is 5.25. The number of aryl methyl sites for hydroxylation is 1. The highest BCUT2D eigenvalue weighted by Gasteiger charge is 2.22. The number of pyridine rings is 1. The van der Waals surface area contributed by atoms with Crippen LogP contribution in [0.1, 0.15) is 34.5 Å². The summed E-state index contributed by atoms with van der Waals surface area (Å²) in [5.74, 6) is -0.208. The molecule has 0 aliphatic heterocycles. The summed E-state index contributed by atoms with van der Waals surface area (Å²) in [7, 11) is -3.93. The number of nitrogens with one attached hydrogen (secondary N) is 2. The van der Waals surface area contributed by atoms with Gasteiger partial charge < -0.3 is 10.4 Å². The summed E-state index contributed by atoms with van der Waals surface area (Å²) in [6, 6.07) is 0.946. The molecule has 3 aromatic rings. The Bertz CT molecular complexity index is 1190. The SMILES string of the molecule is CC1CCc2nc(CNS(=O)(=O)c3cnc(NCc4cnn(CCO)c4)c(F)c3)sc2C1. The van der Waals surface area contributed by atoms with E-state index < -0.39 is 15.8 Å². The van der Waals surface area contributed by atoms with Gasteiger partial charge in [0.25, 0.3) is 0 Å². The van der Waals surface area contributed by atoms with Gasteiger partial charge in [-0.3, -0.25) is 4.68 Å². The first-order valence-corrected chi connectivity index (χ1v) is 12.6. The van der Waals surface area contributed by atoms with Crippen LogP contribution < -0.4 is 10.0 Å². The maximum atomic E-state index is 14.5. The van der Waals surface area contributed by atoms with E-state index >= 15 is 0 Å². The van der Waals surface area contributed by atoms with Crippen molar-refractivity contribution in [2.45, 2.75) is 50.7 Å². The predicted molar refractivity (Wildman–Crippen MR) is 118 cm³/mol. The summed E-state index contributed by atoms with van der Waals surface area (Å²) < 4.78 is 43.8. The molecule has 3 aromatic heterocycles. The standard InChI is InChI=1S/C20H25FN6O3S2/c1-13-2-3-17-18(6-13)31-19(26-17)11-25-32(29,30)15-7-16(21)20(23-10-15)22-8-14-9-24-27(12-14)4-5-28/h7,9-10,12-13,25,28H,2-6,8,11H2,1H3,(H,22,23). The number of nitrogens with zero attached hydrogens (tertiary/aromatic N) is 4. The average molecular weight is 481 g/mol. The minimum atomic E-state index is -3.93. The van der Waals surface area contributed by atoms with E-state index in [1.165, 1.54) is 16.2 Å². The lowest BCUT2D eigenvalue weighted by Crippen LogP contribution is -2.23. The fourth-order valence-corrected chi connectivity index (χ4v) is 5.77. The van der Waals surface area contributed by atoms with Crippen molar-refractivity contribution >= 4 is 27.2 Å². The highest BCUT2D eigenvalue weighted by Crippen LogP contribution is 2.30. The molecule has 0 radical (unpaired) electrons. The van der Waals surface area contributed by atoms with Crippen LogP contribution in [0.5, 0.6) is 0 Å². The van der Waals surface area contributed by atoms with E-state index in [1.807, 2.05) is 0 Å². The molecule has 1 atom stereocenters. The monoisotopic (exact) mass is 480 g/mol. The highest BCUT2D eigenvalue weighted by atomic mass is 32.2. The van der Waals surface area contributed by atoms with Crippen LogP contribution in [0.2, 0.25) is 0 Å². The maximum absolute atomic E-state index is 14.5. The summed E-state index contributed by atoms with van der Waals surface area (Å²) in [6.45, 7) is 2.86. The number of fused-ring (bicyclic) bond motifs is 1. The summed E-state index contributed by atoms with van der Waals surface area (Å²) in [6.07, 6.45) is 7.44. The number of sulfonamides is 1. The van der Waals surface area contributed by atoms with Crippen molar-refractivity contribution in [1.29, 1.82) is 0 Å². The van der Waals surface area contributed by atoms with Gasteiger partial charge in [-0.1, -0.05) is 6.92 Å². The average Bonchev–Trinajstić information content (AvgIpc) is 3.37. The second-order valence-corrected chi connectivity index (χ2v) is 10.8. The third-order valence-corrected chi connectivity index (χ3v) is 7.73. The zero-order chi connectivity index (χ0) is 22.7. The number of rotatable bonds is 9. The van der Waals surface area contributed by atoms with Gasteiger partial charge in [-0.25, -0.2) is 27.5 Å². The molecule has 0 aromatic carbocycles. The molecular formula is C20H25FN6O3S2. The molecule has 12 heteroatoms. The molecule has 9 nitrogen and oxygen atoms in total. The largest absolute Gasteiger partial charge is 0.394 e. The lowest BCUT2D eigenvalue weighted by atomic mass is 9.93. The van der Waals surface area contributed by atoms with Gasteiger partial charge in [0.1, 0.15) is 9.90 Å². The quantitative estimate of drug-likeness (QED) is 0.429. The van der Waals surface area contributed by atoms with Crippen molar-refractivity contribution in [3.05, 3.63) is 51.6 Å². The van der Waals surface area contributed by atoms with E-state index in [2.05, 4.69) is 32.0 Å². The van der Waals surface area contributed by atoms with E-state index in [0.29, 0.717) is 17.5 Å². The molecule has 0 amide bonds. The zero-order valence-electron chi connectivity index (χ0n) is 17.6. The van der Waals surface area contributed by atoms with Gasteiger partial charge in [0.05, 0.1) is 31.6 Å². The Balaban J connectivity index is 1.37. The third kappa shape index (κ3) is 5.31. The van der Waals surface area contributed by atoms with E-state index in [0.717, 1.165) is 42.8 Å². The van der Waals surface area contributed by atoms with E-state index in [1.54, 1.807) is 17.1 Å². The van der Waals surface area contributed by atoms with Crippen LogP contribution in [0.25, 0.3) is 0 Å². The lowest BCUT2D eigenvalue weighted by Gasteiger charge is -2.15. The van der Waals surface area contributed by atoms with Crippen LogP contribution >= 0.6 is 11.3 Å². The Morgan fingerprint density at radius 2 is 2.19 bits per heavy atom. The summed E-state index contributed by atoms with van der Waals surface area (Å²) in [5.41, 5.74) is 1.84. The molecule has 0 spiro atoms. The first-order chi connectivity index (χ1) is 15.3. The molecule has 3 N–H and O–H groups in total. The Kier molecular flexibility index (Phi) is 6.84. The number of anilines is 1. The molecular weight excluding hydrogens is 455 g/mol. The minimum absolute atomic E-state index is 0.0290.